The molecule has 0 saturated heterocycles. The van der Waals surface area contributed by atoms with Gasteiger partial charge in [-0.1, -0.05) is 35.9 Å². The molecule has 88 valence electrons. The van der Waals surface area contributed by atoms with Crippen LogP contribution in [-0.2, 0) is 6.54 Å². The molecule has 0 bridgehead atoms. The molecule has 0 radical (unpaired) electrons. The van der Waals surface area contributed by atoms with Crippen LogP contribution in [0.5, 0.6) is 0 Å². The molecule has 0 spiro atoms. The molecule has 1 nitrogen and oxygen atoms in total. The summed E-state index contributed by atoms with van der Waals surface area (Å²) >= 11 is 9.29. The van der Waals surface area contributed by atoms with Crippen molar-refractivity contribution in [3.63, 3.8) is 0 Å². The van der Waals surface area contributed by atoms with Crippen molar-refractivity contribution < 1.29 is 4.39 Å². The fourth-order valence-corrected chi connectivity index (χ4v) is 2.29. The van der Waals surface area contributed by atoms with Crippen molar-refractivity contribution in [3.05, 3.63) is 57.3 Å². The zero-order valence-corrected chi connectivity index (χ0v) is 11.2. The van der Waals surface area contributed by atoms with Gasteiger partial charge in [0.05, 0.1) is 4.47 Å². The Morgan fingerprint density at radius 2 is 1.94 bits per heavy atom. The number of halogens is 3. The third-order valence-corrected chi connectivity index (χ3v) is 3.44. The molecule has 0 aliphatic heterocycles. The molecule has 0 aliphatic carbocycles. The average molecular weight is 315 g/mol. The van der Waals surface area contributed by atoms with E-state index >= 15 is 0 Å². The van der Waals surface area contributed by atoms with Crippen LogP contribution in [0.3, 0.4) is 0 Å². The van der Waals surface area contributed by atoms with Crippen molar-refractivity contribution in [1.29, 1.82) is 0 Å². The Hall–Kier alpha value is -0.900. The first-order valence-corrected chi connectivity index (χ1v) is 6.23. The minimum Gasteiger partial charge on any atom is -0.326 e. The van der Waals surface area contributed by atoms with Crippen LogP contribution in [0.4, 0.5) is 4.39 Å². The van der Waals surface area contributed by atoms with E-state index in [1.54, 1.807) is 30.3 Å². The molecule has 0 aliphatic rings. The van der Waals surface area contributed by atoms with Crippen LogP contribution in [-0.4, -0.2) is 0 Å². The van der Waals surface area contributed by atoms with E-state index in [4.69, 9.17) is 17.3 Å². The molecule has 0 aromatic heterocycles. The SMILES string of the molecule is NCc1ccc(-c2cccc(Br)c2F)c(Cl)c1. The van der Waals surface area contributed by atoms with Crippen LogP contribution >= 0.6 is 27.5 Å². The molecule has 2 rings (SSSR count). The second-order valence-electron chi connectivity index (χ2n) is 3.62. The number of hydrogen-bond acceptors (Lipinski definition) is 1. The Balaban J connectivity index is 2.57. The highest BCUT2D eigenvalue weighted by atomic mass is 79.9. The van der Waals surface area contributed by atoms with Gasteiger partial charge in [0.15, 0.2) is 0 Å². The lowest BCUT2D eigenvalue weighted by atomic mass is 10.0. The molecule has 0 amide bonds. The van der Waals surface area contributed by atoms with E-state index in [1.165, 1.54) is 0 Å². The largest absolute Gasteiger partial charge is 0.326 e. The summed E-state index contributed by atoms with van der Waals surface area (Å²) in [5, 5.41) is 0.505. The van der Waals surface area contributed by atoms with Gasteiger partial charge in [-0.05, 0) is 33.6 Å². The number of benzene rings is 2. The molecule has 0 atom stereocenters. The molecule has 2 N–H and O–H groups in total. The Morgan fingerprint density at radius 1 is 1.18 bits per heavy atom. The molecule has 0 unspecified atom stereocenters. The molecule has 4 heteroatoms. The van der Waals surface area contributed by atoms with Gasteiger partial charge in [-0.3, -0.25) is 0 Å². The maximum Gasteiger partial charge on any atom is 0.145 e. The van der Waals surface area contributed by atoms with Gasteiger partial charge in [-0.25, -0.2) is 4.39 Å². The smallest absolute Gasteiger partial charge is 0.145 e. The summed E-state index contributed by atoms with van der Waals surface area (Å²) in [6, 6.07) is 10.5. The Kier molecular flexibility index (Phi) is 3.82. The summed E-state index contributed by atoms with van der Waals surface area (Å²) in [5.41, 5.74) is 7.60. The van der Waals surface area contributed by atoms with Gasteiger partial charge in [-0.2, -0.15) is 0 Å². The minimum absolute atomic E-state index is 0.310. The predicted molar refractivity (Wildman–Crippen MR) is 72.4 cm³/mol. The molecule has 0 saturated carbocycles. The second-order valence-corrected chi connectivity index (χ2v) is 4.88. The van der Waals surface area contributed by atoms with Crippen molar-refractivity contribution >= 4 is 27.5 Å². The quantitative estimate of drug-likeness (QED) is 0.875. The first-order chi connectivity index (χ1) is 8.13. The van der Waals surface area contributed by atoms with E-state index in [1.807, 2.05) is 6.07 Å². The fourth-order valence-electron chi connectivity index (χ4n) is 1.62. The minimum atomic E-state index is -0.310. The maximum atomic E-state index is 13.9. The van der Waals surface area contributed by atoms with Crippen LogP contribution in [0.1, 0.15) is 5.56 Å². The second kappa shape index (κ2) is 5.17. The summed E-state index contributed by atoms with van der Waals surface area (Å²) in [7, 11) is 0. The van der Waals surface area contributed by atoms with Crippen LogP contribution < -0.4 is 5.73 Å². The Labute approximate surface area is 113 Å². The fraction of sp³-hybridized carbons (Fsp3) is 0.0769. The normalized spacial score (nSPS) is 10.6. The van der Waals surface area contributed by atoms with Gasteiger partial charge in [-0.15, -0.1) is 0 Å². The van der Waals surface area contributed by atoms with Gasteiger partial charge in [0.1, 0.15) is 5.82 Å². The zero-order chi connectivity index (χ0) is 12.4. The molecule has 0 heterocycles. The molecule has 2 aromatic rings. The number of hydrogen-bond donors (Lipinski definition) is 1. The molecular formula is C13H10BrClFN. The zero-order valence-electron chi connectivity index (χ0n) is 8.88. The van der Waals surface area contributed by atoms with Gasteiger partial charge in [0.2, 0.25) is 0 Å². The first kappa shape index (κ1) is 12.6. The summed E-state index contributed by atoms with van der Waals surface area (Å²) < 4.78 is 14.3. The van der Waals surface area contributed by atoms with Crippen LogP contribution in [0, 0.1) is 5.82 Å². The summed E-state index contributed by atoms with van der Waals surface area (Å²) in [4.78, 5) is 0. The molecule has 17 heavy (non-hydrogen) atoms. The third-order valence-electron chi connectivity index (χ3n) is 2.51. The van der Waals surface area contributed by atoms with E-state index in [2.05, 4.69) is 15.9 Å². The maximum absolute atomic E-state index is 13.9. The van der Waals surface area contributed by atoms with Gasteiger partial charge in [0, 0.05) is 22.7 Å². The van der Waals surface area contributed by atoms with Gasteiger partial charge >= 0.3 is 0 Å². The average Bonchev–Trinajstić information content (AvgIpc) is 2.33. The van der Waals surface area contributed by atoms with E-state index in [0.717, 1.165) is 5.56 Å². The van der Waals surface area contributed by atoms with Crippen molar-refractivity contribution in [2.45, 2.75) is 6.54 Å². The monoisotopic (exact) mass is 313 g/mol. The first-order valence-electron chi connectivity index (χ1n) is 5.06. The van der Waals surface area contributed by atoms with E-state index in [9.17, 15) is 4.39 Å². The van der Waals surface area contributed by atoms with E-state index < -0.39 is 0 Å². The summed E-state index contributed by atoms with van der Waals surface area (Å²) in [6.07, 6.45) is 0. The summed E-state index contributed by atoms with van der Waals surface area (Å²) in [5.74, 6) is -0.310. The highest BCUT2D eigenvalue weighted by Gasteiger charge is 2.11. The Morgan fingerprint density at radius 3 is 2.59 bits per heavy atom. The van der Waals surface area contributed by atoms with E-state index in [0.29, 0.717) is 27.2 Å². The number of rotatable bonds is 2. The molecule has 0 fully saturated rings. The lowest BCUT2D eigenvalue weighted by molar-refractivity contribution is 0.624. The summed E-state index contributed by atoms with van der Waals surface area (Å²) in [6.45, 7) is 0.418. The van der Waals surface area contributed by atoms with Crippen molar-refractivity contribution in [2.24, 2.45) is 5.73 Å². The van der Waals surface area contributed by atoms with Crippen molar-refractivity contribution in [1.82, 2.24) is 0 Å². The van der Waals surface area contributed by atoms with Crippen LogP contribution in [0.15, 0.2) is 40.9 Å². The van der Waals surface area contributed by atoms with Crippen LogP contribution in [0.2, 0.25) is 5.02 Å². The predicted octanol–water partition coefficient (Wildman–Crippen LogP) is 4.37. The standard InChI is InChI=1S/C13H10BrClFN/c14-11-3-1-2-10(13(11)16)9-5-4-8(7-17)6-12(9)15/h1-6H,7,17H2. The van der Waals surface area contributed by atoms with Crippen LogP contribution in [0.25, 0.3) is 11.1 Å². The topological polar surface area (TPSA) is 26.0 Å². The Bertz CT molecular complexity index is 557. The number of nitrogens with two attached hydrogens (primary N) is 1. The van der Waals surface area contributed by atoms with Gasteiger partial charge < -0.3 is 5.73 Å². The third kappa shape index (κ3) is 2.51. The van der Waals surface area contributed by atoms with Crippen molar-refractivity contribution in [2.75, 3.05) is 0 Å². The lowest BCUT2D eigenvalue weighted by Gasteiger charge is -2.08. The van der Waals surface area contributed by atoms with E-state index in [-0.39, 0.29) is 5.82 Å². The lowest BCUT2D eigenvalue weighted by Crippen LogP contribution is -1.96. The highest BCUT2D eigenvalue weighted by molar-refractivity contribution is 9.10. The van der Waals surface area contributed by atoms with Gasteiger partial charge in [0.25, 0.3) is 0 Å². The molecular weight excluding hydrogens is 305 g/mol. The highest BCUT2D eigenvalue weighted by Crippen LogP contribution is 2.33. The van der Waals surface area contributed by atoms with Crippen molar-refractivity contribution in [3.8, 4) is 11.1 Å². The molecule has 2 aromatic carbocycles.